The second-order valence-electron chi connectivity index (χ2n) is 34.2. The highest BCUT2D eigenvalue weighted by Gasteiger charge is 2.22. The van der Waals surface area contributed by atoms with E-state index in [0.29, 0.717) is 17.5 Å². The fourth-order valence-corrected chi connectivity index (χ4v) is 17.1. The predicted molar refractivity (Wildman–Crippen MR) is 580 cm³/mol. The van der Waals surface area contributed by atoms with Crippen molar-refractivity contribution in [2.24, 2.45) is 0 Å². The van der Waals surface area contributed by atoms with Gasteiger partial charge in [-0.05, 0) is 171 Å². The number of aromatic nitrogens is 15. The van der Waals surface area contributed by atoms with E-state index < -0.39 is 0 Å². The smallest absolute Gasteiger partial charge is 0.161 e. The molecule has 0 bridgehead atoms. The minimum atomic E-state index is 0.614. The molecule has 0 amide bonds. The maximum Gasteiger partial charge on any atom is 0.161 e. The molecule has 0 spiro atoms. The van der Waals surface area contributed by atoms with Gasteiger partial charge in [0.15, 0.2) is 17.5 Å². The Bertz CT molecular complexity index is 7990. The van der Waals surface area contributed by atoms with Crippen LogP contribution < -0.4 is 0 Å². The fraction of sp³-hybridized carbons (Fsp3) is 0. The number of hydrogen-bond acceptors (Lipinski definition) is 15. The summed E-state index contributed by atoms with van der Waals surface area (Å²) >= 11 is 0. The zero-order chi connectivity index (χ0) is 96.4. The standard InChI is InChI=1S/3C43H29N5/c1-5-14-30(15-6-1)35-26-41(46-42(27-35)38-23-13-22-36(45-38)31-16-7-2-8-17-31)37-25-24-34(29-44-37)43-47-39(32-18-9-3-10-19-32)28-40(48-43)33-20-11-4-12-21-33;1-5-13-30(14-6-1)34-21-23-37(44-28-34)41-25-36(31-15-7-2-8-16-31)26-42(46-41)38-24-22-35(29-45-38)43-47-39(32-17-9-3-10-18-32)27-40(48-43)33-19-11-4-12-20-33;1-5-13-30(14-6-1)34-23-24-44-40(25-34)42-27-36(31-15-7-2-8-16-31)26-41(46-42)37-22-21-35(29-45-37)43-47-38(32-17-9-3-10-18-32)28-39(48-43)33-19-11-4-12-20-33/h3*1-29H. The Hall–Kier alpha value is -19.8. The summed E-state index contributed by atoms with van der Waals surface area (Å²) in [5.41, 5.74) is 35.8. The SMILES string of the molecule is c1ccc(-c2cc(-c3ccc(-c4nc(-c5ccccc5)cc(-c5ccccc5)n4)cn3)nc(-c3cccc(-c4ccccc4)n3)c2)cc1.c1ccc(-c2ccc(-c3cc(-c4ccccc4)cc(-c4ccc(-c5nc(-c6ccccc6)cc(-c6ccccc6)n5)cn4)n3)nc2)cc1.c1ccc(-c2ccnc(-c3cc(-c4ccccc4)cc(-c4ccc(-c5nc(-c6ccccc6)cc(-c6ccccc6)n5)cn4)n3)c2)cc1. The van der Waals surface area contributed by atoms with Crippen molar-refractivity contribution in [1.82, 2.24) is 74.8 Å². The van der Waals surface area contributed by atoms with Crippen LogP contribution in [0.25, 0.3) is 237 Å². The molecule has 144 heavy (non-hydrogen) atoms. The minimum absolute atomic E-state index is 0.614. The molecule has 24 aromatic rings. The highest BCUT2D eigenvalue weighted by molar-refractivity contribution is 5.84. The Morgan fingerprint density at radius 3 is 0.549 bits per heavy atom. The number of hydrogen-bond donors (Lipinski definition) is 0. The van der Waals surface area contributed by atoms with Gasteiger partial charge in [-0.25, -0.2) is 49.8 Å². The van der Waals surface area contributed by atoms with Crippen molar-refractivity contribution < 1.29 is 0 Å². The Morgan fingerprint density at radius 2 is 0.292 bits per heavy atom. The molecule has 24 rings (SSSR count). The molecule has 0 N–H and O–H groups in total. The van der Waals surface area contributed by atoms with E-state index in [-0.39, 0.29) is 0 Å². The van der Waals surface area contributed by atoms with Crippen molar-refractivity contribution in [3.05, 3.63) is 528 Å². The molecule has 0 radical (unpaired) electrons. The van der Waals surface area contributed by atoms with Gasteiger partial charge in [0, 0.05) is 92.2 Å². The van der Waals surface area contributed by atoms with Crippen molar-refractivity contribution in [2.75, 3.05) is 0 Å². The summed E-state index contributed by atoms with van der Waals surface area (Å²) in [7, 11) is 0. The summed E-state index contributed by atoms with van der Waals surface area (Å²) in [5.74, 6) is 1.84. The van der Waals surface area contributed by atoms with Crippen molar-refractivity contribution in [2.45, 2.75) is 0 Å². The highest BCUT2D eigenvalue weighted by atomic mass is 14.9. The zero-order valence-electron chi connectivity index (χ0n) is 77.9. The molecule has 0 aliphatic rings. The average Bonchev–Trinajstić information content (AvgIpc) is 0.794. The average molecular weight is 1850 g/mol. The van der Waals surface area contributed by atoms with Gasteiger partial charge in [0.25, 0.3) is 0 Å². The van der Waals surface area contributed by atoms with Crippen LogP contribution >= 0.6 is 0 Å². The van der Waals surface area contributed by atoms with Crippen LogP contribution in [0, 0.1) is 0 Å². The van der Waals surface area contributed by atoms with Crippen molar-refractivity contribution in [3.63, 3.8) is 0 Å². The van der Waals surface area contributed by atoms with Crippen LogP contribution in [0.1, 0.15) is 0 Å². The first-order valence-corrected chi connectivity index (χ1v) is 47.5. The summed E-state index contributed by atoms with van der Waals surface area (Å²) in [6.45, 7) is 0. The van der Waals surface area contributed by atoms with Gasteiger partial charge in [0.05, 0.1) is 108 Å². The van der Waals surface area contributed by atoms with E-state index >= 15 is 0 Å². The number of rotatable bonds is 21. The van der Waals surface area contributed by atoms with Crippen molar-refractivity contribution in [3.8, 4) is 237 Å². The van der Waals surface area contributed by atoms with E-state index in [9.17, 15) is 0 Å². The first-order chi connectivity index (χ1) is 71.3. The van der Waals surface area contributed by atoms with Crippen LogP contribution in [-0.4, -0.2) is 74.8 Å². The topological polar surface area (TPSA) is 193 Å². The molecule has 0 saturated heterocycles. The highest BCUT2D eigenvalue weighted by Crippen LogP contribution is 2.39. The van der Waals surface area contributed by atoms with Crippen LogP contribution in [0.4, 0.5) is 0 Å². The molecule has 15 heteroatoms. The van der Waals surface area contributed by atoms with Crippen molar-refractivity contribution >= 4 is 0 Å². The molecular formula is C129H87N15. The van der Waals surface area contributed by atoms with Gasteiger partial charge in [-0.2, -0.15) is 0 Å². The molecule has 0 saturated carbocycles. The molecular weight excluding hydrogens is 1760 g/mol. The summed E-state index contributed by atoms with van der Waals surface area (Å²) < 4.78 is 0. The predicted octanol–water partition coefficient (Wildman–Crippen LogP) is 31.0. The molecule has 15 nitrogen and oxygen atoms in total. The molecule has 0 aliphatic carbocycles. The zero-order valence-corrected chi connectivity index (χ0v) is 77.9. The summed E-state index contributed by atoms with van der Waals surface area (Å²) in [6, 6.07) is 168. The first-order valence-electron chi connectivity index (χ1n) is 47.5. The van der Waals surface area contributed by atoms with Crippen molar-refractivity contribution in [1.29, 1.82) is 0 Å². The molecule has 12 aromatic carbocycles. The lowest BCUT2D eigenvalue weighted by molar-refractivity contribution is 1.17. The summed E-state index contributed by atoms with van der Waals surface area (Å²) in [6.07, 6.45) is 9.24. The van der Waals surface area contributed by atoms with Crippen LogP contribution in [0.2, 0.25) is 0 Å². The third-order valence-electron chi connectivity index (χ3n) is 24.6. The van der Waals surface area contributed by atoms with Crippen LogP contribution in [0.15, 0.2) is 528 Å². The van der Waals surface area contributed by atoms with Gasteiger partial charge in [0.1, 0.15) is 0 Å². The maximum atomic E-state index is 5.09. The molecule has 678 valence electrons. The third kappa shape index (κ3) is 21.0. The second kappa shape index (κ2) is 42.5. The van der Waals surface area contributed by atoms with Gasteiger partial charge in [-0.15, -0.1) is 0 Å². The molecule has 0 unspecified atom stereocenters. The number of nitrogens with zero attached hydrogens (tertiary/aromatic N) is 15. The molecule has 12 aromatic heterocycles. The first kappa shape index (κ1) is 89.4. The number of pyridine rings is 9. The Balaban J connectivity index is 0.000000123. The largest absolute Gasteiger partial charge is 0.255 e. The van der Waals surface area contributed by atoms with E-state index in [1.807, 2.05) is 334 Å². The quantitative estimate of drug-likeness (QED) is 0.0659. The fourth-order valence-electron chi connectivity index (χ4n) is 17.1. The van der Waals surface area contributed by atoms with Crippen LogP contribution in [-0.2, 0) is 0 Å². The lowest BCUT2D eigenvalue weighted by Crippen LogP contribution is -1.97. The van der Waals surface area contributed by atoms with Gasteiger partial charge in [0.2, 0.25) is 0 Å². The van der Waals surface area contributed by atoms with E-state index in [4.69, 9.17) is 74.8 Å². The van der Waals surface area contributed by atoms with E-state index in [2.05, 4.69) is 194 Å². The van der Waals surface area contributed by atoms with Gasteiger partial charge >= 0.3 is 0 Å². The number of benzene rings is 12. The molecule has 0 atom stereocenters. The Labute approximate surface area is 834 Å². The van der Waals surface area contributed by atoms with Gasteiger partial charge in [-0.3, -0.25) is 24.9 Å². The molecule has 0 fully saturated rings. The Kier molecular flexibility index (Phi) is 26.4. The molecule has 0 aliphatic heterocycles. The van der Waals surface area contributed by atoms with Crippen LogP contribution in [0.5, 0.6) is 0 Å². The van der Waals surface area contributed by atoms with E-state index in [1.54, 1.807) is 0 Å². The second-order valence-corrected chi connectivity index (χ2v) is 34.2. The third-order valence-corrected chi connectivity index (χ3v) is 24.6. The van der Waals surface area contributed by atoms with Crippen LogP contribution in [0.3, 0.4) is 0 Å². The lowest BCUT2D eigenvalue weighted by Gasteiger charge is -2.11. The normalized spacial score (nSPS) is 10.9. The van der Waals surface area contributed by atoms with Gasteiger partial charge in [-0.1, -0.05) is 376 Å². The monoisotopic (exact) mass is 1850 g/mol. The minimum Gasteiger partial charge on any atom is -0.255 e. The summed E-state index contributed by atoms with van der Waals surface area (Å²) in [4.78, 5) is 74.3. The molecule has 12 heterocycles. The summed E-state index contributed by atoms with van der Waals surface area (Å²) in [5, 5.41) is 0. The van der Waals surface area contributed by atoms with E-state index in [1.165, 1.54) is 0 Å². The van der Waals surface area contributed by atoms with E-state index in [0.717, 1.165) is 219 Å². The maximum absolute atomic E-state index is 5.09. The Morgan fingerprint density at radius 1 is 0.0903 bits per heavy atom. The lowest BCUT2D eigenvalue weighted by atomic mass is 10.0. The van der Waals surface area contributed by atoms with Gasteiger partial charge < -0.3 is 0 Å².